The van der Waals surface area contributed by atoms with E-state index < -0.39 is 0 Å². The number of halogens is 1. The van der Waals surface area contributed by atoms with Crippen molar-refractivity contribution in [3.63, 3.8) is 0 Å². The van der Waals surface area contributed by atoms with Gasteiger partial charge in [-0.05, 0) is 48.7 Å². The van der Waals surface area contributed by atoms with Gasteiger partial charge in [-0.2, -0.15) is 0 Å². The molecule has 84 valence electrons. The van der Waals surface area contributed by atoms with Crippen LogP contribution in [0, 0.1) is 24.6 Å². The van der Waals surface area contributed by atoms with E-state index >= 15 is 0 Å². The first-order chi connectivity index (χ1) is 8.20. The number of hydrogen-bond acceptors (Lipinski definition) is 0. The van der Waals surface area contributed by atoms with Gasteiger partial charge in [-0.25, -0.2) is 4.39 Å². The molecular formula is C16H13F. The number of benzene rings is 2. The smallest absolute Gasteiger partial charge is 0.126 e. The molecule has 0 nitrogen and oxygen atoms in total. The second kappa shape index (κ2) is 4.84. The van der Waals surface area contributed by atoms with Gasteiger partial charge >= 0.3 is 0 Å². The third-order valence-corrected chi connectivity index (χ3v) is 2.66. The van der Waals surface area contributed by atoms with E-state index in [-0.39, 0.29) is 5.82 Å². The fraction of sp³-hybridized carbons (Fsp3) is 0.125. The van der Waals surface area contributed by atoms with Crippen LogP contribution in [0.5, 0.6) is 0 Å². The summed E-state index contributed by atoms with van der Waals surface area (Å²) in [6, 6.07) is 13.1. The topological polar surface area (TPSA) is 0 Å². The van der Waals surface area contributed by atoms with Crippen molar-refractivity contribution in [1.29, 1.82) is 0 Å². The Hall–Kier alpha value is -2.07. The van der Waals surface area contributed by atoms with Gasteiger partial charge < -0.3 is 0 Å². The fourth-order valence-electron chi connectivity index (χ4n) is 1.66. The van der Waals surface area contributed by atoms with Gasteiger partial charge in [0.2, 0.25) is 0 Å². The van der Waals surface area contributed by atoms with Crippen molar-refractivity contribution >= 4 is 0 Å². The molecule has 0 saturated heterocycles. The van der Waals surface area contributed by atoms with Gasteiger partial charge in [0.25, 0.3) is 0 Å². The monoisotopic (exact) mass is 224 g/mol. The van der Waals surface area contributed by atoms with Gasteiger partial charge in [0.15, 0.2) is 0 Å². The highest BCUT2D eigenvalue weighted by molar-refractivity contribution is 5.64. The van der Waals surface area contributed by atoms with E-state index in [0.29, 0.717) is 5.56 Å². The highest BCUT2D eigenvalue weighted by Gasteiger charge is 2.01. The third kappa shape index (κ3) is 2.54. The number of aryl methyl sites for hydroxylation is 1. The van der Waals surface area contributed by atoms with E-state index in [1.807, 2.05) is 37.3 Å². The molecule has 0 saturated carbocycles. The van der Waals surface area contributed by atoms with Crippen molar-refractivity contribution in [2.45, 2.75) is 13.8 Å². The third-order valence-electron chi connectivity index (χ3n) is 2.66. The Balaban J connectivity index is 2.38. The van der Waals surface area contributed by atoms with Gasteiger partial charge in [-0.3, -0.25) is 0 Å². The molecule has 0 radical (unpaired) electrons. The van der Waals surface area contributed by atoms with Gasteiger partial charge in [0, 0.05) is 5.56 Å². The van der Waals surface area contributed by atoms with Crippen LogP contribution in [0.1, 0.15) is 18.1 Å². The summed E-state index contributed by atoms with van der Waals surface area (Å²) >= 11 is 0. The van der Waals surface area contributed by atoms with E-state index in [0.717, 1.165) is 16.7 Å². The maximum absolute atomic E-state index is 13.4. The van der Waals surface area contributed by atoms with Crippen LogP contribution in [-0.2, 0) is 0 Å². The maximum atomic E-state index is 13.4. The molecule has 17 heavy (non-hydrogen) atoms. The summed E-state index contributed by atoms with van der Waals surface area (Å²) in [6.45, 7) is 3.57. The average Bonchev–Trinajstić information content (AvgIpc) is 2.34. The van der Waals surface area contributed by atoms with Crippen molar-refractivity contribution in [2.24, 2.45) is 0 Å². The van der Waals surface area contributed by atoms with E-state index in [1.54, 1.807) is 19.1 Å². The van der Waals surface area contributed by atoms with Gasteiger partial charge in [-0.15, -0.1) is 5.92 Å². The minimum absolute atomic E-state index is 0.167. The summed E-state index contributed by atoms with van der Waals surface area (Å²) in [5.41, 5.74) is 3.54. The summed E-state index contributed by atoms with van der Waals surface area (Å²) in [5.74, 6) is 5.67. The van der Waals surface area contributed by atoms with Crippen molar-refractivity contribution < 1.29 is 4.39 Å². The minimum Gasteiger partial charge on any atom is -0.207 e. The van der Waals surface area contributed by atoms with Crippen molar-refractivity contribution in [2.75, 3.05) is 0 Å². The van der Waals surface area contributed by atoms with E-state index in [9.17, 15) is 4.39 Å². The Labute approximate surface area is 101 Å². The molecule has 0 aromatic heterocycles. The summed E-state index contributed by atoms with van der Waals surface area (Å²) in [7, 11) is 0. The zero-order chi connectivity index (χ0) is 12.3. The molecule has 2 aromatic carbocycles. The molecule has 0 fully saturated rings. The molecule has 0 amide bonds. The average molecular weight is 224 g/mol. The Morgan fingerprint density at radius 2 is 1.59 bits per heavy atom. The molecule has 1 heteroatoms. The molecule has 0 aliphatic carbocycles. The van der Waals surface area contributed by atoms with Crippen LogP contribution >= 0.6 is 0 Å². The molecule has 2 aromatic rings. The van der Waals surface area contributed by atoms with Crippen LogP contribution in [0.4, 0.5) is 4.39 Å². The molecule has 0 spiro atoms. The van der Waals surface area contributed by atoms with Crippen LogP contribution in [0.25, 0.3) is 11.1 Å². The highest BCUT2D eigenvalue weighted by Crippen LogP contribution is 2.21. The highest BCUT2D eigenvalue weighted by atomic mass is 19.1. The largest absolute Gasteiger partial charge is 0.207 e. The number of rotatable bonds is 1. The number of hydrogen-bond donors (Lipinski definition) is 0. The van der Waals surface area contributed by atoms with Crippen molar-refractivity contribution in [3.8, 4) is 23.0 Å². The zero-order valence-corrected chi connectivity index (χ0v) is 9.92. The van der Waals surface area contributed by atoms with E-state index in [1.165, 1.54) is 0 Å². The lowest BCUT2D eigenvalue weighted by Crippen LogP contribution is -1.84. The molecule has 0 aliphatic heterocycles. The zero-order valence-electron chi connectivity index (χ0n) is 9.92. The van der Waals surface area contributed by atoms with Gasteiger partial charge in [0.05, 0.1) is 0 Å². The Kier molecular flexibility index (Phi) is 3.25. The van der Waals surface area contributed by atoms with Gasteiger partial charge in [0.1, 0.15) is 5.82 Å². The predicted molar refractivity (Wildman–Crippen MR) is 69.1 cm³/mol. The summed E-state index contributed by atoms with van der Waals surface area (Å²) in [4.78, 5) is 0. The second-order valence-electron chi connectivity index (χ2n) is 3.92. The summed E-state index contributed by atoms with van der Waals surface area (Å²) in [5, 5.41) is 0. The quantitative estimate of drug-likeness (QED) is 0.638. The van der Waals surface area contributed by atoms with Crippen molar-refractivity contribution in [3.05, 3.63) is 59.4 Å². The van der Waals surface area contributed by atoms with Gasteiger partial charge in [-0.1, -0.05) is 30.2 Å². The normalized spacial score (nSPS) is 9.59. The molecule has 2 rings (SSSR count). The van der Waals surface area contributed by atoms with Crippen LogP contribution in [0.15, 0.2) is 42.5 Å². The van der Waals surface area contributed by atoms with E-state index in [4.69, 9.17) is 0 Å². The van der Waals surface area contributed by atoms with Crippen LogP contribution in [0.2, 0.25) is 0 Å². The van der Waals surface area contributed by atoms with Crippen LogP contribution in [0.3, 0.4) is 0 Å². The Morgan fingerprint density at radius 3 is 2.18 bits per heavy atom. The second-order valence-corrected chi connectivity index (χ2v) is 3.92. The standard InChI is InChI=1S/C16H13F/c1-3-4-13-6-9-14(10-7-13)15-8-5-12(2)16(17)11-15/h5-11H,1-2H3. The van der Waals surface area contributed by atoms with Crippen LogP contribution in [-0.4, -0.2) is 0 Å². The summed E-state index contributed by atoms with van der Waals surface area (Å²) < 4.78 is 13.4. The molecule has 0 N–H and O–H groups in total. The van der Waals surface area contributed by atoms with E-state index in [2.05, 4.69) is 11.8 Å². The summed E-state index contributed by atoms with van der Waals surface area (Å²) in [6.07, 6.45) is 0. The first-order valence-corrected chi connectivity index (χ1v) is 5.50. The molecular weight excluding hydrogens is 211 g/mol. The van der Waals surface area contributed by atoms with Crippen molar-refractivity contribution in [1.82, 2.24) is 0 Å². The SMILES string of the molecule is CC#Cc1ccc(-c2ccc(C)c(F)c2)cc1. The molecule has 0 unspecified atom stereocenters. The first-order valence-electron chi connectivity index (χ1n) is 5.50. The lowest BCUT2D eigenvalue weighted by atomic mass is 10.0. The lowest BCUT2D eigenvalue weighted by Gasteiger charge is -2.03. The first kappa shape index (κ1) is 11.4. The van der Waals surface area contributed by atoms with Crippen LogP contribution < -0.4 is 0 Å². The maximum Gasteiger partial charge on any atom is 0.126 e. The molecule has 0 heterocycles. The Morgan fingerprint density at radius 1 is 0.941 bits per heavy atom. The molecule has 0 aliphatic rings. The molecule has 0 atom stereocenters. The lowest BCUT2D eigenvalue weighted by molar-refractivity contribution is 0.619. The molecule has 0 bridgehead atoms. The predicted octanol–water partition coefficient (Wildman–Crippen LogP) is 4.17. The fourth-order valence-corrected chi connectivity index (χ4v) is 1.66. The minimum atomic E-state index is -0.167. The Bertz CT molecular complexity index is 583.